The average Bonchev–Trinajstić information content (AvgIpc) is 3.18. The van der Waals surface area contributed by atoms with Crippen molar-refractivity contribution in [3.05, 3.63) is 51.2 Å². The molecule has 1 aliphatic heterocycles. The fraction of sp³-hybridized carbons (Fsp3) is 0.333. The van der Waals surface area contributed by atoms with Crippen LogP contribution in [0.1, 0.15) is 63.1 Å². The molecule has 0 radical (unpaired) electrons. The molecule has 4 N–H and O–H groups in total. The van der Waals surface area contributed by atoms with E-state index in [1.165, 1.54) is 17.1 Å². The van der Waals surface area contributed by atoms with Crippen LogP contribution in [0.25, 0.3) is 0 Å². The minimum Gasteiger partial charge on any atom is -0.477 e. The Bertz CT molecular complexity index is 1000. The first-order valence-corrected chi connectivity index (χ1v) is 11.4. The molecule has 31 heavy (non-hydrogen) atoms. The number of carbonyl (C=O) groups excluding carboxylic acids is 2. The number of esters is 1. The molecule has 166 valence electrons. The molecule has 0 aliphatic carbocycles. The van der Waals surface area contributed by atoms with Gasteiger partial charge >= 0.3 is 11.9 Å². The largest absolute Gasteiger partial charge is 0.477 e. The van der Waals surface area contributed by atoms with E-state index in [-0.39, 0.29) is 16.1 Å². The number of aliphatic imine (C=N–C) groups is 1. The molecule has 0 spiro atoms. The standard InChI is InChI=1S/C19H19N3O5S2.C2H6/c1-19(7-8-28-18(20)22-19)11-5-3-10(4-6-11)15(23)21-12-9-29-14(16(24)25)13(12)17(26)27-2;1-2/h3-6,9H,7-8H2,1-2H3,(H2,20,22)(H,21,23)(H,24,25);1-2H3. The van der Waals surface area contributed by atoms with Crippen LogP contribution in [-0.2, 0) is 10.3 Å². The first-order valence-electron chi connectivity index (χ1n) is 9.58. The van der Waals surface area contributed by atoms with Gasteiger partial charge < -0.3 is 20.9 Å². The molecular weight excluding hydrogens is 438 g/mol. The Morgan fingerprint density at radius 1 is 1.23 bits per heavy atom. The third-order valence-corrected chi connectivity index (χ3v) is 6.35. The second-order valence-electron chi connectivity index (χ2n) is 6.50. The molecule has 2 heterocycles. The van der Waals surface area contributed by atoms with Gasteiger partial charge in [0.2, 0.25) is 0 Å². The van der Waals surface area contributed by atoms with Crippen LogP contribution in [0.3, 0.4) is 0 Å². The zero-order chi connectivity index (χ0) is 23.2. The Morgan fingerprint density at radius 3 is 2.42 bits per heavy atom. The topological polar surface area (TPSA) is 131 Å². The smallest absolute Gasteiger partial charge is 0.346 e. The van der Waals surface area contributed by atoms with Gasteiger partial charge in [-0.3, -0.25) is 9.79 Å². The van der Waals surface area contributed by atoms with Crippen molar-refractivity contribution >= 4 is 51.8 Å². The van der Waals surface area contributed by atoms with Crippen molar-refractivity contribution in [2.24, 2.45) is 10.7 Å². The summed E-state index contributed by atoms with van der Waals surface area (Å²) in [7, 11) is 1.15. The minimum absolute atomic E-state index is 0.0990. The van der Waals surface area contributed by atoms with Crippen LogP contribution in [0.5, 0.6) is 0 Å². The number of aromatic carboxylic acids is 1. The number of carbonyl (C=O) groups is 3. The first-order chi connectivity index (χ1) is 14.7. The summed E-state index contributed by atoms with van der Waals surface area (Å²) in [5.41, 5.74) is 6.64. The number of benzene rings is 1. The molecule has 0 saturated heterocycles. The summed E-state index contributed by atoms with van der Waals surface area (Å²) < 4.78 is 4.64. The summed E-state index contributed by atoms with van der Waals surface area (Å²) in [6.07, 6.45) is 0.833. The predicted molar refractivity (Wildman–Crippen MR) is 124 cm³/mol. The lowest BCUT2D eigenvalue weighted by atomic mass is 9.89. The Labute approximate surface area is 188 Å². The Morgan fingerprint density at radius 2 is 1.87 bits per heavy atom. The Kier molecular flexibility index (Phi) is 8.23. The number of nitrogens with two attached hydrogens (primary N) is 1. The number of ether oxygens (including phenoxy) is 1. The number of carboxylic acid groups (broad SMARTS) is 1. The van der Waals surface area contributed by atoms with Gasteiger partial charge in [0.05, 0.1) is 18.3 Å². The van der Waals surface area contributed by atoms with Gasteiger partial charge in [0.25, 0.3) is 5.91 Å². The summed E-state index contributed by atoms with van der Waals surface area (Å²) in [6, 6.07) is 6.95. The number of hydrogen-bond donors (Lipinski definition) is 3. The first kappa shape index (κ1) is 24.4. The SMILES string of the molecule is CC.COC(=O)c1c(NC(=O)c2ccc(C3(C)CCSC(N)=N3)cc2)csc1C(=O)O. The lowest BCUT2D eigenvalue weighted by Gasteiger charge is -2.29. The molecule has 0 bridgehead atoms. The van der Waals surface area contributed by atoms with Gasteiger partial charge in [-0.1, -0.05) is 37.7 Å². The second-order valence-corrected chi connectivity index (χ2v) is 8.50. The molecule has 2 aromatic rings. The van der Waals surface area contributed by atoms with Gasteiger partial charge in [0.1, 0.15) is 10.4 Å². The maximum absolute atomic E-state index is 12.6. The van der Waals surface area contributed by atoms with E-state index in [2.05, 4.69) is 15.0 Å². The van der Waals surface area contributed by atoms with Crippen LogP contribution in [0, 0.1) is 0 Å². The van der Waals surface area contributed by atoms with Crippen molar-refractivity contribution < 1.29 is 24.2 Å². The third kappa shape index (κ3) is 5.45. The van der Waals surface area contributed by atoms with Gasteiger partial charge in [-0.05, 0) is 31.0 Å². The number of rotatable bonds is 5. The quantitative estimate of drug-likeness (QED) is 0.567. The van der Waals surface area contributed by atoms with E-state index < -0.39 is 23.4 Å². The van der Waals surface area contributed by atoms with Gasteiger partial charge in [0, 0.05) is 16.7 Å². The van der Waals surface area contributed by atoms with Crippen LogP contribution in [0.15, 0.2) is 34.6 Å². The number of carboxylic acids is 1. The third-order valence-electron chi connectivity index (χ3n) is 4.59. The lowest BCUT2D eigenvalue weighted by Crippen LogP contribution is -2.28. The zero-order valence-corrected chi connectivity index (χ0v) is 19.4. The molecule has 1 aliphatic rings. The number of thioether (sulfide) groups is 1. The molecule has 1 unspecified atom stereocenters. The van der Waals surface area contributed by atoms with Gasteiger partial charge in [-0.15, -0.1) is 11.3 Å². The van der Waals surface area contributed by atoms with Gasteiger partial charge in [-0.2, -0.15) is 0 Å². The van der Waals surface area contributed by atoms with E-state index in [0.29, 0.717) is 10.7 Å². The molecule has 1 aromatic heterocycles. The highest BCUT2D eigenvalue weighted by Crippen LogP contribution is 2.35. The van der Waals surface area contributed by atoms with E-state index >= 15 is 0 Å². The highest BCUT2D eigenvalue weighted by Gasteiger charge is 2.30. The number of anilines is 1. The Hall–Kier alpha value is -2.85. The minimum atomic E-state index is -1.26. The maximum Gasteiger partial charge on any atom is 0.346 e. The van der Waals surface area contributed by atoms with Crippen LogP contribution in [0.2, 0.25) is 0 Å². The lowest BCUT2D eigenvalue weighted by molar-refractivity contribution is 0.0586. The van der Waals surface area contributed by atoms with Crippen LogP contribution in [-0.4, -0.2) is 41.0 Å². The van der Waals surface area contributed by atoms with E-state index in [1.54, 1.807) is 12.1 Å². The number of nitrogens with one attached hydrogen (secondary N) is 1. The van der Waals surface area contributed by atoms with Crippen molar-refractivity contribution in [1.82, 2.24) is 0 Å². The van der Waals surface area contributed by atoms with Crippen molar-refractivity contribution in [2.75, 3.05) is 18.2 Å². The Balaban J connectivity index is 0.00000166. The molecule has 3 rings (SSSR count). The van der Waals surface area contributed by atoms with Crippen LogP contribution in [0.4, 0.5) is 5.69 Å². The molecule has 1 aromatic carbocycles. The van der Waals surface area contributed by atoms with Gasteiger partial charge in [0.15, 0.2) is 5.17 Å². The van der Waals surface area contributed by atoms with Crippen molar-refractivity contribution in [1.29, 1.82) is 0 Å². The summed E-state index contributed by atoms with van der Waals surface area (Å²) in [5, 5.41) is 13.8. The average molecular weight is 464 g/mol. The molecule has 0 fully saturated rings. The van der Waals surface area contributed by atoms with Crippen molar-refractivity contribution in [3.8, 4) is 0 Å². The van der Waals surface area contributed by atoms with E-state index in [4.69, 9.17) is 5.73 Å². The highest BCUT2D eigenvalue weighted by molar-refractivity contribution is 8.13. The summed E-state index contributed by atoms with van der Waals surface area (Å²) >= 11 is 2.36. The fourth-order valence-corrected chi connectivity index (χ4v) is 4.78. The summed E-state index contributed by atoms with van der Waals surface area (Å²) in [4.78, 5) is 40.2. The fourth-order valence-electron chi connectivity index (χ4n) is 2.98. The summed E-state index contributed by atoms with van der Waals surface area (Å²) in [5.74, 6) is -1.69. The number of amides is 1. The molecular formula is C21H25N3O5S2. The predicted octanol–water partition coefficient (Wildman–Crippen LogP) is 4.18. The van der Waals surface area contributed by atoms with E-state index in [1.807, 2.05) is 32.9 Å². The number of methoxy groups -OCH3 is 1. The van der Waals surface area contributed by atoms with Crippen LogP contribution >= 0.6 is 23.1 Å². The number of nitrogens with zero attached hydrogens (tertiary/aromatic N) is 1. The highest BCUT2D eigenvalue weighted by atomic mass is 32.2. The summed E-state index contributed by atoms with van der Waals surface area (Å²) in [6.45, 7) is 6.00. The molecule has 1 amide bonds. The second kappa shape index (κ2) is 10.5. The zero-order valence-electron chi connectivity index (χ0n) is 17.7. The van der Waals surface area contributed by atoms with Gasteiger partial charge in [-0.25, -0.2) is 9.59 Å². The maximum atomic E-state index is 12.6. The molecule has 1 atom stereocenters. The van der Waals surface area contributed by atoms with Crippen molar-refractivity contribution in [3.63, 3.8) is 0 Å². The normalized spacial score (nSPS) is 17.6. The van der Waals surface area contributed by atoms with Crippen molar-refractivity contribution in [2.45, 2.75) is 32.7 Å². The number of hydrogen-bond acceptors (Lipinski definition) is 8. The van der Waals surface area contributed by atoms with Crippen LogP contribution < -0.4 is 11.1 Å². The van der Waals surface area contributed by atoms with E-state index in [9.17, 15) is 19.5 Å². The molecule has 8 nitrogen and oxygen atoms in total. The molecule has 10 heteroatoms. The number of thiophene rings is 1. The van der Waals surface area contributed by atoms with E-state index in [0.717, 1.165) is 36.2 Å². The monoisotopic (exact) mass is 463 g/mol. The molecule has 0 saturated carbocycles. The number of amidine groups is 1.